The smallest absolute Gasteiger partial charge is 0.157 e. The molecular weight excluding hydrogens is 460 g/mol. The average molecular weight is 515 g/mol. The largest absolute Gasteiger partial charge is 0.396 e. The molecule has 1 saturated carbocycles. The first-order chi connectivity index (χ1) is 18.0. The van der Waals surface area contributed by atoms with Gasteiger partial charge in [-0.3, -0.25) is 0 Å². The van der Waals surface area contributed by atoms with Crippen LogP contribution in [0.4, 0.5) is 0 Å². The summed E-state index contributed by atoms with van der Waals surface area (Å²) in [5, 5.41) is 9.37. The summed E-state index contributed by atoms with van der Waals surface area (Å²) in [6.07, 6.45) is 14.9. The van der Waals surface area contributed by atoms with Crippen LogP contribution in [0.15, 0.2) is 49.1 Å². The fourth-order valence-electron chi connectivity index (χ4n) is 5.49. The van der Waals surface area contributed by atoms with E-state index in [1.807, 2.05) is 6.92 Å². The molecule has 4 nitrogen and oxygen atoms in total. The van der Waals surface area contributed by atoms with Gasteiger partial charge in [-0.15, -0.1) is 0 Å². The third-order valence-corrected chi connectivity index (χ3v) is 8.01. The first-order valence-electron chi connectivity index (χ1n) is 14.7. The molecule has 2 aliphatic rings. The maximum absolute atomic E-state index is 9.37. The fourth-order valence-corrected chi connectivity index (χ4v) is 5.49. The minimum atomic E-state index is -0.0692. The summed E-state index contributed by atoms with van der Waals surface area (Å²) < 4.78 is 17.3. The van der Waals surface area contributed by atoms with Crippen LogP contribution in [-0.4, -0.2) is 44.9 Å². The molecule has 1 aliphatic heterocycles. The average Bonchev–Trinajstić information content (AvgIpc) is 2.94. The van der Waals surface area contributed by atoms with Crippen molar-refractivity contribution < 1.29 is 19.3 Å². The highest BCUT2D eigenvalue weighted by atomic mass is 16.7. The van der Waals surface area contributed by atoms with Crippen molar-refractivity contribution in [1.82, 2.24) is 0 Å². The zero-order valence-electron chi connectivity index (χ0n) is 24.0. The Morgan fingerprint density at radius 2 is 1.70 bits per heavy atom. The first kappa shape index (κ1) is 31.8. The van der Waals surface area contributed by atoms with E-state index in [9.17, 15) is 5.11 Å². The summed E-state index contributed by atoms with van der Waals surface area (Å²) >= 11 is 0. The highest BCUT2D eigenvalue weighted by Gasteiger charge is 2.32. The second-order valence-electron chi connectivity index (χ2n) is 11.2. The lowest BCUT2D eigenvalue weighted by molar-refractivity contribution is -0.212. The van der Waals surface area contributed by atoms with E-state index in [1.165, 1.54) is 62.5 Å². The second-order valence-corrected chi connectivity index (χ2v) is 11.2. The first-order valence-corrected chi connectivity index (χ1v) is 14.7. The second kappa shape index (κ2) is 18.7. The van der Waals surface area contributed by atoms with Crippen molar-refractivity contribution in [3.63, 3.8) is 0 Å². The molecular formula is C33H54O4. The number of hydrogen-bond acceptors (Lipinski definition) is 4. The van der Waals surface area contributed by atoms with Gasteiger partial charge in [-0.1, -0.05) is 68.8 Å². The van der Waals surface area contributed by atoms with E-state index in [2.05, 4.69) is 44.3 Å². The molecule has 3 rings (SSSR count). The number of methoxy groups -OCH3 is 1. The van der Waals surface area contributed by atoms with Gasteiger partial charge in [0.05, 0.1) is 19.8 Å². The molecule has 1 heterocycles. The summed E-state index contributed by atoms with van der Waals surface area (Å²) in [4.78, 5) is 0. The van der Waals surface area contributed by atoms with Gasteiger partial charge >= 0.3 is 0 Å². The third kappa shape index (κ3) is 12.3. The summed E-state index contributed by atoms with van der Waals surface area (Å²) in [5.41, 5.74) is 4.05. The van der Waals surface area contributed by atoms with Crippen molar-refractivity contribution in [1.29, 1.82) is 0 Å². The maximum Gasteiger partial charge on any atom is 0.157 e. The highest BCUT2D eigenvalue weighted by molar-refractivity contribution is 5.26. The molecule has 0 amide bonds. The number of aliphatic hydroxyl groups is 1. The number of rotatable bonds is 14. The summed E-state index contributed by atoms with van der Waals surface area (Å²) in [5.74, 6) is 2.23. The SMILES string of the molecule is C=CC(=C)C.CCCCCc1ccc(C2CCC(C3COC(CCCC(CO)COC)OC3)CC2)cc1. The number of aryl methyl sites for hydroxylation is 1. The normalized spacial score (nSPS) is 24.5. The highest BCUT2D eigenvalue weighted by Crippen LogP contribution is 2.40. The van der Waals surface area contributed by atoms with Crippen LogP contribution in [0.2, 0.25) is 0 Å². The molecule has 0 aromatic heterocycles. The van der Waals surface area contributed by atoms with Crippen molar-refractivity contribution in [2.24, 2.45) is 17.8 Å². The van der Waals surface area contributed by atoms with Gasteiger partial charge in [-0.05, 0) is 87.7 Å². The van der Waals surface area contributed by atoms with E-state index < -0.39 is 0 Å². The topological polar surface area (TPSA) is 47.9 Å². The van der Waals surface area contributed by atoms with E-state index in [0.29, 0.717) is 12.5 Å². The summed E-state index contributed by atoms with van der Waals surface area (Å²) in [6.45, 7) is 13.7. The van der Waals surface area contributed by atoms with Crippen LogP contribution >= 0.6 is 0 Å². The van der Waals surface area contributed by atoms with Crippen molar-refractivity contribution in [3.05, 3.63) is 60.2 Å². The Labute approximate surface area is 227 Å². The molecule has 0 bridgehead atoms. The number of allylic oxidation sites excluding steroid dienone is 2. The van der Waals surface area contributed by atoms with Gasteiger partial charge in [0.15, 0.2) is 6.29 Å². The van der Waals surface area contributed by atoms with E-state index in [1.54, 1.807) is 13.2 Å². The van der Waals surface area contributed by atoms with Gasteiger partial charge in [0.1, 0.15) is 0 Å². The quantitative estimate of drug-likeness (QED) is 0.203. The van der Waals surface area contributed by atoms with Crippen molar-refractivity contribution in [2.45, 2.75) is 96.7 Å². The number of ether oxygens (including phenoxy) is 3. The van der Waals surface area contributed by atoms with Crippen LogP contribution in [0.3, 0.4) is 0 Å². The van der Waals surface area contributed by atoms with Crippen LogP contribution in [0.5, 0.6) is 0 Å². The van der Waals surface area contributed by atoms with Gasteiger partial charge in [0, 0.05) is 25.6 Å². The van der Waals surface area contributed by atoms with Crippen LogP contribution in [-0.2, 0) is 20.6 Å². The predicted octanol–water partition coefficient (Wildman–Crippen LogP) is 7.86. The molecule has 210 valence electrons. The van der Waals surface area contributed by atoms with Crippen molar-refractivity contribution in [3.8, 4) is 0 Å². The van der Waals surface area contributed by atoms with Crippen molar-refractivity contribution in [2.75, 3.05) is 33.5 Å². The Kier molecular flexibility index (Phi) is 16.1. The van der Waals surface area contributed by atoms with E-state index in [4.69, 9.17) is 14.2 Å². The molecule has 0 radical (unpaired) electrons. The van der Waals surface area contributed by atoms with Crippen LogP contribution in [0.1, 0.15) is 95.1 Å². The molecule has 37 heavy (non-hydrogen) atoms. The fraction of sp³-hybridized carbons (Fsp3) is 0.697. The van der Waals surface area contributed by atoms with Crippen molar-refractivity contribution >= 4 is 0 Å². The molecule has 1 aliphatic carbocycles. The van der Waals surface area contributed by atoms with E-state index in [-0.39, 0.29) is 18.8 Å². The lowest BCUT2D eigenvalue weighted by Crippen LogP contribution is -2.37. The van der Waals surface area contributed by atoms with Gasteiger partial charge in [0.25, 0.3) is 0 Å². The monoisotopic (exact) mass is 514 g/mol. The van der Waals surface area contributed by atoms with Crippen LogP contribution < -0.4 is 0 Å². The molecule has 2 fully saturated rings. The zero-order chi connectivity index (χ0) is 26.9. The number of benzene rings is 1. The van der Waals surface area contributed by atoms with Gasteiger partial charge < -0.3 is 19.3 Å². The summed E-state index contributed by atoms with van der Waals surface area (Å²) in [6, 6.07) is 9.49. The predicted molar refractivity (Wildman–Crippen MR) is 155 cm³/mol. The van der Waals surface area contributed by atoms with Gasteiger partial charge in [-0.2, -0.15) is 0 Å². The molecule has 1 aromatic carbocycles. The molecule has 0 spiro atoms. The van der Waals surface area contributed by atoms with Gasteiger partial charge in [-0.25, -0.2) is 0 Å². The summed E-state index contributed by atoms with van der Waals surface area (Å²) in [7, 11) is 1.69. The molecule has 1 atom stereocenters. The molecule has 4 heteroatoms. The Bertz CT molecular complexity index is 727. The van der Waals surface area contributed by atoms with Gasteiger partial charge in [0.2, 0.25) is 0 Å². The van der Waals surface area contributed by atoms with Crippen LogP contribution in [0, 0.1) is 17.8 Å². The van der Waals surface area contributed by atoms with E-state index in [0.717, 1.165) is 49.9 Å². The lowest BCUT2D eigenvalue weighted by Gasteiger charge is -2.38. The maximum atomic E-state index is 9.37. The Morgan fingerprint density at radius 1 is 1.05 bits per heavy atom. The van der Waals surface area contributed by atoms with Crippen LogP contribution in [0.25, 0.3) is 0 Å². The Morgan fingerprint density at radius 3 is 2.24 bits per heavy atom. The third-order valence-electron chi connectivity index (χ3n) is 8.01. The Hall–Kier alpha value is -1.46. The number of aliphatic hydroxyl groups excluding tert-OH is 1. The standard InChI is InChI=1S/C28H46O4.C5H8/c1-3-4-5-7-22-10-12-24(13-11-22)25-14-16-26(17-15-25)27-20-31-28(32-21-27)9-6-8-23(18-29)19-30-2;1-4-5(2)3/h10-13,23,25-29H,3-9,14-21H2,1-2H3;4H,1-2H2,3H3. The van der Waals surface area contributed by atoms with E-state index >= 15 is 0 Å². The molecule has 1 N–H and O–H groups in total. The molecule has 1 saturated heterocycles. The zero-order valence-corrected chi connectivity index (χ0v) is 24.0. The molecule has 1 unspecified atom stereocenters. The number of hydrogen-bond donors (Lipinski definition) is 1. The minimum Gasteiger partial charge on any atom is -0.396 e. The minimum absolute atomic E-state index is 0.0692. The Balaban J connectivity index is 0.000000877. The lowest BCUT2D eigenvalue weighted by atomic mass is 9.74. The molecule has 1 aromatic rings. The number of unbranched alkanes of at least 4 members (excludes halogenated alkanes) is 2.